The van der Waals surface area contributed by atoms with Crippen LogP contribution in [-0.4, -0.2) is 0 Å². The lowest BCUT2D eigenvalue weighted by Gasteiger charge is -2.37. The highest BCUT2D eigenvalue weighted by Crippen LogP contribution is 2.50. The van der Waals surface area contributed by atoms with Gasteiger partial charge in [-0.15, -0.1) is 0 Å². The Hall–Kier alpha value is -6.64. The molecular formula is C56H45NO. The van der Waals surface area contributed by atoms with Gasteiger partial charge >= 0.3 is 0 Å². The van der Waals surface area contributed by atoms with Crippen molar-refractivity contribution in [2.24, 2.45) is 0 Å². The molecule has 0 spiro atoms. The second kappa shape index (κ2) is 14.7. The molecule has 1 heterocycles. The lowest BCUT2D eigenvalue weighted by molar-refractivity contribution is 0.661. The van der Waals surface area contributed by atoms with E-state index in [0.29, 0.717) is 0 Å². The molecule has 0 aliphatic heterocycles. The topological polar surface area (TPSA) is 16.4 Å². The molecule has 58 heavy (non-hydrogen) atoms. The fourth-order valence-corrected chi connectivity index (χ4v) is 9.88. The summed E-state index contributed by atoms with van der Waals surface area (Å²) in [6, 6.07) is 64.5. The second-order valence-electron chi connectivity index (χ2n) is 16.1. The molecule has 1 aromatic heterocycles. The second-order valence-corrected chi connectivity index (χ2v) is 16.1. The number of para-hydroxylation sites is 1. The van der Waals surface area contributed by atoms with E-state index in [1.165, 1.54) is 81.7 Å². The summed E-state index contributed by atoms with van der Waals surface area (Å²) in [5, 5.41) is 2.32. The zero-order valence-electron chi connectivity index (χ0n) is 32.8. The van der Waals surface area contributed by atoms with Gasteiger partial charge in [0.15, 0.2) is 0 Å². The molecule has 280 valence electrons. The molecule has 0 N–H and O–H groups in total. The minimum Gasteiger partial charge on any atom is -0.456 e. The first-order valence-corrected chi connectivity index (χ1v) is 21.1. The molecule has 0 unspecified atom stereocenters. The summed E-state index contributed by atoms with van der Waals surface area (Å²) in [6.07, 6.45) is 9.34. The number of rotatable bonds is 7. The van der Waals surface area contributed by atoms with Crippen molar-refractivity contribution in [3.05, 3.63) is 198 Å². The van der Waals surface area contributed by atoms with E-state index in [9.17, 15) is 0 Å². The van der Waals surface area contributed by atoms with Crippen molar-refractivity contribution in [2.45, 2.75) is 51.4 Å². The van der Waals surface area contributed by atoms with Gasteiger partial charge in [0, 0.05) is 22.1 Å². The number of anilines is 3. The lowest BCUT2D eigenvalue weighted by atomic mass is 9.75. The Morgan fingerprint density at radius 3 is 1.31 bits per heavy atom. The van der Waals surface area contributed by atoms with Crippen LogP contribution in [-0.2, 0) is 25.7 Å². The van der Waals surface area contributed by atoms with Crippen molar-refractivity contribution in [1.29, 1.82) is 0 Å². The fourth-order valence-electron chi connectivity index (χ4n) is 9.88. The monoisotopic (exact) mass is 747 g/mol. The minimum absolute atomic E-state index is 0.927. The molecule has 8 aromatic carbocycles. The van der Waals surface area contributed by atoms with Gasteiger partial charge in [-0.25, -0.2) is 0 Å². The molecule has 0 saturated heterocycles. The molecule has 0 bridgehead atoms. The van der Waals surface area contributed by atoms with Crippen LogP contribution in [0.5, 0.6) is 0 Å². The number of fused-ring (bicyclic) bond motifs is 5. The molecule has 0 amide bonds. The van der Waals surface area contributed by atoms with E-state index in [-0.39, 0.29) is 0 Å². The highest BCUT2D eigenvalue weighted by molar-refractivity contribution is 6.06. The lowest BCUT2D eigenvalue weighted by Crippen LogP contribution is -2.21. The molecule has 2 heteroatoms. The van der Waals surface area contributed by atoms with Crippen molar-refractivity contribution in [1.82, 2.24) is 0 Å². The average molecular weight is 748 g/mol. The molecule has 0 atom stereocenters. The summed E-state index contributed by atoms with van der Waals surface area (Å²) >= 11 is 0. The Labute approximate surface area is 341 Å². The predicted octanol–water partition coefficient (Wildman–Crippen LogP) is 15.5. The Bertz CT molecular complexity index is 2870. The van der Waals surface area contributed by atoms with Crippen LogP contribution in [0.1, 0.15) is 47.9 Å². The van der Waals surface area contributed by atoms with Crippen molar-refractivity contribution in [3.8, 4) is 44.5 Å². The van der Waals surface area contributed by atoms with Crippen molar-refractivity contribution < 1.29 is 4.42 Å². The number of furan rings is 1. The zero-order chi connectivity index (χ0) is 38.4. The van der Waals surface area contributed by atoms with Crippen molar-refractivity contribution in [2.75, 3.05) is 4.90 Å². The van der Waals surface area contributed by atoms with Gasteiger partial charge in [-0.05, 0) is 161 Å². The van der Waals surface area contributed by atoms with Crippen LogP contribution in [0.25, 0.3) is 66.4 Å². The fraction of sp³-hybridized carbons (Fsp3) is 0.143. The van der Waals surface area contributed by atoms with E-state index in [1.54, 1.807) is 22.3 Å². The SMILES string of the molecule is c1ccc(-c2ccc(-c3c4c(c(N(c5ccc(-c6ccccc6)cc5)c5ccc(-c6ccc7c(c6)oc6ccccc67)cc5)c5c3CCCC5)CCCC4)cc2)cc1. The molecular weight excluding hydrogens is 703 g/mol. The van der Waals surface area contributed by atoms with Gasteiger partial charge in [0.1, 0.15) is 11.2 Å². The Morgan fingerprint density at radius 1 is 0.328 bits per heavy atom. The first-order valence-electron chi connectivity index (χ1n) is 21.1. The highest BCUT2D eigenvalue weighted by atomic mass is 16.3. The number of benzene rings is 8. The van der Waals surface area contributed by atoms with Crippen LogP contribution in [0.3, 0.4) is 0 Å². The molecule has 2 aliphatic carbocycles. The number of nitrogens with zero attached hydrogens (tertiary/aromatic N) is 1. The number of hydrogen-bond donors (Lipinski definition) is 0. The summed E-state index contributed by atoms with van der Waals surface area (Å²) in [5.41, 5.74) is 22.1. The molecule has 0 saturated carbocycles. The van der Waals surface area contributed by atoms with Crippen LogP contribution in [0.4, 0.5) is 17.1 Å². The van der Waals surface area contributed by atoms with Crippen LogP contribution >= 0.6 is 0 Å². The van der Waals surface area contributed by atoms with Crippen molar-refractivity contribution >= 4 is 39.0 Å². The zero-order valence-corrected chi connectivity index (χ0v) is 32.8. The van der Waals surface area contributed by atoms with E-state index in [0.717, 1.165) is 53.2 Å². The predicted molar refractivity (Wildman–Crippen MR) is 243 cm³/mol. The van der Waals surface area contributed by atoms with Gasteiger partial charge in [0.2, 0.25) is 0 Å². The van der Waals surface area contributed by atoms with Crippen LogP contribution in [0, 0.1) is 0 Å². The smallest absolute Gasteiger partial charge is 0.136 e. The minimum atomic E-state index is 0.927. The van der Waals surface area contributed by atoms with E-state index >= 15 is 0 Å². The average Bonchev–Trinajstić information content (AvgIpc) is 3.68. The van der Waals surface area contributed by atoms with Gasteiger partial charge in [0.05, 0.1) is 5.69 Å². The van der Waals surface area contributed by atoms with E-state index in [4.69, 9.17) is 4.42 Å². The third-order valence-electron chi connectivity index (χ3n) is 12.7. The maximum absolute atomic E-state index is 6.30. The molecule has 11 rings (SSSR count). The van der Waals surface area contributed by atoms with Crippen LogP contribution < -0.4 is 4.90 Å². The molecule has 0 fully saturated rings. The highest BCUT2D eigenvalue weighted by Gasteiger charge is 2.31. The van der Waals surface area contributed by atoms with E-state index in [2.05, 4.69) is 175 Å². The molecule has 2 nitrogen and oxygen atoms in total. The van der Waals surface area contributed by atoms with Crippen LogP contribution in [0.15, 0.2) is 180 Å². The largest absolute Gasteiger partial charge is 0.456 e. The van der Waals surface area contributed by atoms with Crippen LogP contribution in [0.2, 0.25) is 0 Å². The van der Waals surface area contributed by atoms with Gasteiger partial charge in [-0.2, -0.15) is 0 Å². The van der Waals surface area contributed by atoms with Gasteiger partial charge < -0.3 is 9.32 Å². The first kappa shape index (κ1) is 34.6. The third-order valence-corrected chi connectivity index (χ3v) is 12.7. The van der Waals surface area contributed by atoms with Gasteiger partial charge in [-0.1, -0.05) is 133 Å². The van der Waals surface area contributed by atoms with Gasteiger partial charge in [-0.3, -0.25) is 0 Å². The molecule has 9 aromatic rings. The molecule has 2 aliphatic rings. The Morgan fingerprint density at radius 2 is 0.741 bits per heavy atom. The van der Waals surface area contributed by atoms with E-state index < -0.39 is 0 Å². The quantitative estimate of drug-likeness (QED) is 0.161. The number of hydrogen-bond acceptors (Lipinski definition) is 2. The maximum Gasteiger partial charge on any atom is 0.136 e. The molecule has 0 radical (unpaired) electrons. The third kappa shape index (κ3) is 6.12. The Balaban J connectivity index is 1.06. The van der Waals surface area contributed by atoms with E-state index in [1.807, 2.05) is 6.07 Å². The first-order chi connectivity index (χ1) is 28.8. The Kier molecular flexibility index (Phi) is 8.77. The van der Waals surface area contributed by atoms with Crippen molar-refractivity contribution in [3.63, 3.8) is 0 Å². The normalized spacial score (nSPS) is 13.7. The van der Waals surface area contributed by atoms with Gasteiger partial charge in [0.25, 0.3) is 0 Å². The summed E-state index contributed by atoms with van der Waals surface area (Å²) in [6.45, 7) is 0. The maximum atomic E-state index is 6.30. The summed E-state index contributed by atoms with van der Waals surface area (Å²) in [4.78, 5) is 2.61. The summed E-state index contributed by atoms with van der Waals surface area (Å²) < 4.78 is 6.30. The summed E-state index contributed by atoms with van der Waals surface area (Å²) in [7, 11) is 0. The standard InChI is InChI=1S/C56H45NO/c1-3-13-38(14-4-1)40-23-25-43(26-24-40)55-49-18-7-9-20-51(49)56(52-21-10-8-19-50(52)55)57(45-32-27-41(28-33-45)39-15-5-2-6-16-39)46-34-29-42(30-35-46)44-31-36-48-47-17-11-12-22-53(47)58-54(48)37-44/h1-6,11-17,22-37H,7-10,18-21H2. The summed E-state index contributed by atoms with van der Waals surface area (Å²) in [5.74, 6) is 0.